The van der Waals surface area contributed by atoms with Crippen LogP contribution in [0, 0.1) is 13.8 Å². The Balaban J connectivity index is 2.84. The molecule has 0 aliphatic rings. The fourth-order valence-electron chi connectivity index (χ4n) is 1.46. The SMILES string of the molecule is CCNC(C)c1ccc(C)c(C)c1. The van der Waals surface area contributed by atoms with Gasteiger partial charge >= 0.3 is 0 Å². The average molecular weight is 177 g/mol. The summed E-state index contributed by atoms with van der Waals surface area (Å²) in [5.41, 5.74) is 4.12. The highest BCUT2D eigenvalue weighted by Crippen LogP contribution is 2.16. The molecule has 1 unspecified atom stereocenters. The van der Waals surface area contributed by atoms with Gasteiger partial charge in [0.1, 0.15) is 0 Å². The maximum atomic E-state index is 3.41. The summed E-state index contributed by atoms with van der Waals surface area (Å²) in [6.07, 6.45) is 0. The summed E-state index contributed by atoms with van der Waals surface area (Å²) >= 11 is 0. The lowest BCUT2D eigenvalue weighted by Gasteiger charge is -2.13. The Kier molecular flexibility index (Phi) is 3.49. The van der Waals surface area contributed by atoms with Crippen molar-refractivity contribution in [3.63, 3.8) is 0 Å². The highest BCUT2D eigenvalue weighted by molar-refractivity contribution is 5.31. The number of benzene rings is 1. The van der Waals surface area contributed by atoms with E-state index in [1.54, 1.807) is 0 Å². The van der Waals surface area contributed by atoms with Crippen molar-refractivity contribution in [1.82, 2.24) is 5.32 Å². The standard InChI is InChI=1S/C12H19N/c1-5-13-11(4)12-7-6-9(2)10(3)8-12/h6-8,11,13H,5H2,1-4H3. The van der Waals surface area contributed by atoms with Gasteiger partial charge in [-0.05, 0) is 44.0 Å². The molecule has 1 atom stereocenters. The zero-order valence-corrected chi connectivity index (χ0v) is 9.02. The van der Waals surface area contributed by atoms with Crippen LogP contribution in [-0.4, -0.2) is 6.54 Å². The molecule has 1 aromatic carbocycles. The highest BCUT2D eigenvalue weighted by Gasteiger charge is 2.03. The molecule has 0 aliphatic heterocycles. The Morgan fingerprint density at radius 2 is 1.92 bits per heavy atom. The normalized spacial score (nSPS) is 12.9. The fraction of sp³-hybridized carbons (Fsp3) is 0.500. The third-order valence-corrected chi connectivity index (χ3v) is 2.54. The van der Waals surface area contributed by atoms with Crippen LogP contribution in [0.15, 0.2) is 18.2 Å². The van der Waals surface area contributed by atoms with Crippen molar-refractivity contribution in [1.29, 1.82) is 0 Å². The van der Waals surface area contributed by atoms with Gasteiger partial charge in [-0.15, -0.1) is 0 Å². The minimum atomic E-state index is 0.462. The second-order valence-electron chi connectivity index (χ2n) is 3.62. The number of hydrogen-bond donors (Lipinski definition) is 1. The lowest BCUT2D eigenvalue weighted by molar-refractivity contribution is 0.597. The molecule has 0 aromatic heterocycles. The minimum Gasteiger partial charge on any atom is -0.310 e. The summed E-state index contributed by atoms with van der Waals surface area (Å²) in [5, 5.41) is 3.41. The van der Waals surface area contributed by atoms with Crippen LogP contribution in [-0.2, 0) is 0 Å². The van der Waals surface area contributed by atoms with Gasteiger partial charge in [0.15, 0.2) is 0 Å². The first-order valence-corrected chi connectivity index (χ1v) is 4.95. The summed E-state index contributed by atoms with van der Waals surface area (Å²) in [6, 6.07) is 7.13. The van der Waals surface area contributed by atoms with E-state index in [4.69, 9.17) is 0 Å². The predicted octanol–water partition coefficient (Wildman–Crippen LogP) is 2.97. The third kappa shape index (κ3) is 2.56. The third-order valence-electron chi connectivity index (χ3n) is 2.54. The maximum Gasteiger partial charge on any atom is 0.0291 e. The van der Waals surface area contributed by atoms with Crippen LogP contribution in [0.2, 0.25) is 0 Å². The molecule has 0 aliphatic carbocycles. The van der Waals surface area contributed by atoms with Gasteiger partial charge in [-0.1, -0.05) is 25.1 Å². The predicted molar refractivity (Wildman–Crippen MR) is 58.0 cm³/mol. The van der Waals surface area contributed by atoms with Crippen molar-refractivity contribution in [2.75, 3.05) is 6.54 Å². The number of rotatable bonds is 3. The van der Waals surface area contributed by atoms with Crippen LogP contribution < -0.4 is 5.32 Å². The van der Waals surface area contributed by atoms with Crippen molar-refractivity contribution in [2.45, 2.75) is 33.7 Å². The summed E-state index contributed by atoms with van der Waals surface area (Å²) in [6.45, 7) is 9.67. The van der Waals surface area contributed by atoms with Crippen LogP contribution in [0.25, 0.3) is 0 Å². The Morgan fingerprint density at radius 3 is 2.46 bits per heavy atom. The maximum absolute atomic E-state index is 3.41. The van der Waals surface area contributed by atoms with Gasteiger partial charge in [-0.2, -0.15) is 0 Å². The van der Waals surface area contributed by atoms with E-state index < -0.39 is 0 Å². The summed E-state index contributed by atoms with van der Waals surface area (Å²) in [4.78, 5) is 0. The first-order chi connectivity index (χ1) is 6.15. The van der Waals surface area contributed by atoms with Crippen molar-refractivity contribution >= 4 is 0 Å². The molecule has 1 rings (SSSR count). The Bertz CT molecular complexity index is 278. The van der Waals surface area contributed by atoms with E-state index in [2.05, 4.69) is 51.2 Å². The lowest BCUT2D eigenvalue weighted by atomic mass is 10.0. The van der Waals surface area contributed by atoms with Gasteiger partial charge < -0.3 is 5.32 Å². The summed E-state index contributed by atoms with van der Waals surface area (Å²) in [5.74, 6) is 0. The van der Waals surface area contributed by atoms with Gasteiger partial charge in [-0.25, -0.2) is 0 Å². The van der Waals surface area contributed by atoms with Gasteiger partial charge in [0.2, 0.25) is 0 Å². The van der Waals surface area contributed by atoms with E-state index in [1.807, 2.05) is 0 Å². The molecule has 13 heavy (non-hydrogen) atoms. The summed E-state index contributed by atoms with van der Waals surface area (Å²) < 4.78 is 0. The van der Waals surface area contributed by atoms with Crippen LogP contribution in [0.4, 0.5) is 0 Å². The first-order valence-electron chi connectivity index (χ1n) is 4.95. The zero-order valence-electron chi connectivity index (χ0n) is 9.02. The smallest absolute Gasteiger partial charge is 0.0291 e. The molecule has 0 saturated heterocycles. The van der Waals surface area contributed by atoms with E-state index in [-0.39, 0.29) is 0 Å². The molecular formula is C12H19N. The zero-order chi connectivity index (χ0) is 9.84. The lowest BCUT2D eigenvalue weighted by Crippen LogP contribution is -2.17. The molecule has 0 amide bonds. The van der Waals surface area contributed by atoms with Gasteiger partial charge in [0.25, 0.3) is 0 Å². The molecule has 72 valence electrons. The molecular weight excluding hydrogens is 158 g/mol. The Morgan fingerprint density at radius 1 is 1.23 bits per heavy atom. The van der Waals surface area contributed by atoms with Crippen LogP contribution >= 0.6 is 0 Å². The molecule has 0 spiro atoms. The molecule has 1 heteroatoms. The molecule has 0 bridgehead atoms. The quantitative estimate of drug-likeness (QED) is 0.748. The Labute approximate surface area is 81.2 Å². The monoisotopic (exact) mass is 177 g/mol. The van der Waals surface area contributed by atoms with E-state index >= 15 is 0 Å². The molecule has 0 saturated carbocycles. The van der Waals surface area contributed by atoms with E-state index in [0.29, 0.717) is 6.04 Å². The number of nitrogens with one attached hydrogen (secondary N) is 1. The topological polar surface area (TPSA) is 12.0 Å². The number of hydrogen-bond acceptors (Lipinski definition) is 1. The van der Waals surface area contributed by atoms with E-state index in [0.717, 1.165) is 6.54 Å². The van der Waals surface area contributed by atoms with Gasteiger partial charge in [-0.3, -0.25) is 0 Å². The largest absolute Gasteiger partial charge is 0.310 e. The second kappa shape index (κ2) is 4.43. The average Bonchev–Trinajstić information content (AvgIpc) is 2.10. The molecule has 1 nitrogen and oxygen atoms in total. The fourth-order valence-corrected chi connectivity index (χ4v) is 1.46. The van der Waals surface area contributed by atoms with Crippen molar-refractivity contribution in [2.24, 2.45) is 0 Å². The molecule has 1 N–H and O–H groups in total. The van der Waals surface area contributed by atoms with Crippen molar-refractivity contribution < 1.29 is 0 Å². The Hall–Kier alpha value is -0.820. The minimum absolute atomic E-state index is 0.462. The van der Waals surface area contributed by atoms with Crippen molar-refractivity contribution in [3.05, 3.63) is 34.9 Å². The number of aryl methyl sites for hydroxylation is 2. The second-order valence-corrected chi connectivity index (χ2v) is 3.62. The molecule has 0 fully saturated rings. The molecule has 1 aromatic rings. The van der Waals surface area contributed by atoms with Crippen LogP contribution in [0.5, 0.6) is 0 Å². The highest BCUT2D eigenvalue weighted by atomic mass is 14.9. The molecule has 0 heterocycles. The van der Waals surface area contributed by atoms with Gasteiger partial charge in [0.05, 0.1) is 0 Å². The van der Waals surface area contributed by atoms with E-state index in [9.17, 15) is 0 Å². The van der Waals surface area contributed by atoms with Gasteiger partial charge in [0, 0.05) is 6.04 Å². The van der Waals surface area contributed by atoms with E-state index in [1.165, 1.54) is 16.7 Å². The van der Waals surface area contributed by atoms with Crippen LogP contribution in [0.1, 0.15) is 36.6 Å². The van der Waals surface area contributed by atoms with Crippen LogP contribution in [0.3, 0.4) is 0 Å². The molecule has 0 radical (unpaired) electrons. The first kappa shape index (κ1) is 10.3. The summed E-state index contributed by atoms with van der Waals surface area (Å²) in [7, 11) is 0. The van der Waals surface area contributed by atoms with Crippen molar-refractivity contribution in [3.8, 4) is 0 Å².